The molecule has 4 rings (SSSR count). The molecule has 0 fully saturated rings. The molecule has 2 aromatic carbocycles. The first-order chi connectivity index (χ1) is 13.5. The van der Waals surface area contributed by atoms with Crippen LogP contribution in [0.2, 0.25) is 0 Å². The van der Waals surface area contributed by atoms with E-state index < -0.39 is 23.4 Å². The largest absolute Gasteiger partial charge is 0.422 e. The number of para-hydroxylation sites is 1. The summed E-state index contributed by atoms with van der Waals surface area (Å²) in [7, 11) is 1.74. The van der Waals surface area contributed by atoms with E-state index in [0.29, 0.717) is 16.8 Å². The maximum atomic E-state index is 14.4. The van der Waals surface area contributed by atoms with Gasteiger partial charge in [-0.05, 0) is 18.2 Å². The quantitative estimate of drug-likeness (QED) is 0.554. The predicted molar refractivity (Wildman–Crippen MR) is 101 cm³/mol. The second-order valence-corrected chi connectivity index (χ2v) is 6.31. The van der Waals surface area contributed by atoms with Crippen molar-refractivity contribution in [3.63, 3.8) is 0 Å². The van der Waals surface area contributed by atoms with Crippen molar-refractivity contribution in [3.8, 4) is 0 Å². The molecule has 2 heterocycles. The maximum Gasteiger partial charge on any atom is 0.349 e. The molecule has 2 aromatic heterocycles. The summed E-state index contributed by atoms with van der Waals surface area (Å²) in [6, 6.07) is 13.6. The number of aryl methyl sites for hydroxylation is 1. The SMILES string of the molecule is Cn1ccnc1C(NC(=O)c1cc2ccccc2oc1=O)c1ccccc1F. The van der Waals surface area contributed by atoms with Crippen LogP contribution in [0.15, 0.2) is 76.2 Å². The van der Waals surface area contributed by atoms with Crippen LogP contribution in [0.4, 0.5) is 4.39 Å². The van der Waals surface area contributed by atoms with E-state index in [4.69, 9.17) is 4.42 Å². The Hall–Kier alpha value is -3.74. The number of rotatable bonds is 4. The minimum atomic E-state index is -0.875. The third-order valence-electron chi connectivity index (χ3n) is 4.49. The Balaban J connectivity index is 1.76. The van der Waals surface area contributed by atoms with Crippen molar-refractivity contribution in [3.05, 3.63) is 100 Å². The molecule has 4 aromatic rings. The summed E-state index contributed by atoms with van der Waals surface area (Å²) in [6.45, 7) is 0. The first-order valence-electron chi connectivity index (χ1n) is 8.60. The Bertz CT molecular complexity index is 1230. The van der Waals surface area contributed by atoms with E-state index in [-0.39, 0.29) is 11.1 Å². The van der Waals surface area contributed by atoms with Crippen molar-refractivity contribution in [1.29, 1.82) is 0 Å². The lowest BCUT2D eigenvalue weighted by Crippen LogP contribution is -2.34. The van der Waals surface area contributed by atoms with Gasteiger partial charge in [-0.1, -0.05) is 36.4 Å². The van der Waals surface area contributed by atoms with Crippen LogP contribution in [-0.2, 0) is 7.05 Å². The molecule has 0 aliphatic heterocycles. The molecule has 28 heavy (non-hydrogen) atoms. The molecule has 0 aliphatic rings. The van der Waals surface area contributed by atoms with Gasteiger partial charge in [-0.2, -0.15) is 0 Å². The number of carbonyl (C=O) groups excluding carboxylic acids is 1. The molecule has 0 spiro atoms. The lowest BCUT2D eigenvalue weighted by molar-refractivity contribution is 0.0937. The third-order valence-corrected chi connectivity index (χ3v) is 4.49. The normalized spacial score (nSPS) is 12.1. The molecule has 6 nitrogen and oxygen atoms in total. The first-order valence-corrected chi connectivity index (χ1v) is 8.60. The van der Waals surface area contributed by atoms with E-state index in [2.05, 4.69) is 10.3 Å². The van der Waals surface area contributed by atoms with Gasteiger partial charge in [0.25, 0.3) is 5.91 Å². The summed E-state index contributed by atoms with van der Waals surface area (Å²) in [5, 5.41) is 3.33. The van der Waals surface area contributed by atoms with Crippen molar-refractivity contribution < 1.29 is 13.6 Å². The van der Waals surface area contributed by atoms with Gasteiger partial charge in [-0.25, -0.2) is 14.2 Å². The molecule has 1 atom stereocenters. The molecular formula is C21H16FN3O3. The highest BCUT2D eigenvalue weighted by atomic mass is 19.1. The zero-order valence-corrected chi connectivity index (χ0v) is 14.9. The summed E-state index contributed by atoms with van der Waals surface area (Å²) < 4.78 is 21.3. The lowest BCUT2D eigenvalue weighted by atomic mass is 10.0. The molecule has 0 saturated carbocycles. The fourth-order valence-electron chi connectivity index (χ4n) is 3.07. The van der Waals surface area contributed by atoms with Crippen LogP contribution in [-0.4, -0.2) is 15.5 Å². The number of nitrogens with zero attached hydrogens (tertiary/aromatic N) is 2. The number of amides is 1. The Kier molecular flexibility index (Phi) is 4.49. The number of imidazole rings is 1. The zero-order valence-electron chi connectivity index (χ0n) is 14.9. The number of hydrogen-bond donors (Lipinski definition) is 1. The number of benzene rings is 2. The minimum Gasteiger partial charge on any atom is -0.422 e. The van der Waals surface area contributed by atoms with Gasteiger partial charge in [0.05, 0.1) is 0 Å². The predicted octanol–water partition coefficient (Wildman–Crippen LogP) is 3.19. The average Bonchev–Trinajstić information content (AvgIpc) is 3.11. The molecule has 1 unspecified atom stereocenters. The molecule has 0 radical (unpaired) electrons. The molecule has 7 heteroatoms. The summed E-state index contributed by atoms with van der Waals surface area (Å²) in [6.07, 6.45) is 3.25. The van der Waals surface area contributed by atoms with E-state index in [1.165, 1.54) is 12.1 Å². The van der Waals surface area contributed by atoms with Crippen LogP contribution in [0.1, 0.15) is 27.8 Å². The average molecular weight is 377 g/mol. The van der Waals surface area contributed by atoms with Gasteiger partial charge >= 0.3 is 5.63 Å². The van der Waals surface area contributed by atoms with Gasteiger partial charge in [0.1, 0.15) is 28.8 Å². The summed E-state index contributed by atoms with van der Waals surface area (Å²) in [5.74, 6) is -0.722. The third kappa shape index (κ3) is 3.18. The highest BCUT2D eigenvalue weighted by molar-refractivity contribution is 5.97. The van der Waals surface area contributed by atoms with Crippen molar-refractivity contribution in [1.82, 2.24) is 14.9 Å². The topological polar surface area (TPSA) is 77.1 Å². The summed E-state index contributed by atoms with van der Waals surface area (Å²) in [4.78, 5) is 29.4. The Labute approximate surface area is 159 Å². The highest BCUT2D eigenvalue weighted by Gasteiger charge is 2.25. The van der Waals surface area contributed by atoms with Crippen molar-refractivity contribution >= 4 is 16.9 Å². The van der Waals surface area contributed by atoms with Gasteiger partial charge in [0.2, 0.25) is 0 Å². The first kappa shape index (κ1) is 17.7. The second-order valence-electron chi connectivity index (χ2n) is 6.31. The number of carbonyl (C=O) groups is 1. The van der Waals surface area contributed by atoms with Crippen LogP contribution in [0, 0.1) is 5.82 Å². The van der Waals surface area contributed by atoms with E-state index in [1.54, 1.807) is 66.5 Å². The van der Waals surface area contributed by atoms with Crippen LogP contribution < -0.4 is 10.9 Å². The number of hydrogen-bond acceptors (Lipinski definition) is 4. The standard InChI is InChI=1S/C21H16FN3O3/c1-25-11-10-23-19(25)18(14-7-3-4-8-16(14)22)24-20(26)15-12-13-6-2-5-9-17(13)28-21(15)27/h2-12,18H,1H3,(H,24,26). The molecule has 1 N–H and O–H groups in total. The highest BCUT2D eigenvalue weighted by Crippen LogP contribution is 2.23. The smallest absolute Gasteiger partial charge is 0.349 e. The van der Waals surface area contributed by atoms with Crippen molar-refractivity contribution in [2.24, 2.45) is 7.05 Å². The van der Waals surface area contributed by atoms with Gasteiger partial charge in [-0.3, -0.25) is 4.79 Å². The monoisotopic (exact) mass is 377 g/mol. The Morgan fingerprint density at radius 1 is 1.18 bits per heavy atom. The van der Waals surface area contributed by atoms with Gasteiger partial charge < -0.3 is 14.3 Å². The lowest BCUT2D eigenvalue weighted by Gasteiger charge is -2.19. The van der Waals surface area contributed by atoms with Gasteiger partial charge in [0.15, 0.2) is 0 Å². The summed E-state index contributed by atoms with van der Waals surface area (Å²) >= 11 is 0. The van der Waals surface area contributed by atoms with Crippen LogP contribution in [0.25, 0.3) is 11.0 Å². The van der Waals surface area contributed by atoms with Crippen molar-refractivity contribution in [2.75, 3.05) is 0 Å². The van der Waals surface area contributed by atoms with E-state index >= 15 is 0 Å². The molecule has 140 valence electrons. The minimum absolute atomic E-state index is 0.158. The molecular weight excluding hydrogens is 361 g/mol. The van der Waals surface area contributed by atoms with E-state index in [9.17, 15) is 14.0 Å². The van der Waals surface area contributed by atoms with E-state index in [0.717, 1.165) is 0 Å². The maximum absolute atomic E-state index is 14.4. The number of nitrogens with one attached hydrogen (secondary N) is 1. The fraction of sp³-hybridized carbons (Fsp3) is 0.0952. The Morgan fingerprint density at radius 2 is 1.93 bits per heavy atom. The van der Waals surface area contributed by atoms with Crippen LogP contribution >= 0.6 is 0 Å². The number of halogens is 1. The molecule has 0 bridgehead atoms. The van der Waals surface area contributed by atoms with Crippen molar-refractivity contribution in [2.45, 2.75) is 6.04 Å². The summed E-state index contributed by atoms with van der Waals surface area (Å²) in [5.41, 5.74) is -0.285. The van der Waals surface area contributed by atoms with Gasteiger partial charge in [0, 0.05) is 30.4 Å². The van der Waals surface area contributed by atoms with Crippen LogP contribution in [0.3, 0.4) is 0 Å². The fourth-order valence-corrected chi connectivity index (χ4v) is 3.07. The molecule has 0 aliphatic carbocycles. The van der Waals surface area contributed by atoms with E-state index in [1.807, 2.05) is 0 Å². The van der Waals surface area contributed by atoms with Crippen LogP contribution in [0.5, 0.6) is 0 Å². The zero-order chi connectivity index (χ0) is 19.7. The number of aromatic nitrogens is 2. The second kappa shape index (κ2) is 7.11. The Morgan fingerprint density at radius 3 is 2.68 bits per heavy atom. The molecule has 0 saturated heterocycles. The molecule has 1 amide bonds. The number of fused-ring (bicyclic) bond motifs is 1. The van der Waals surface area contributed by atoms with Gasteiger partial charge in [-0.15, -0.1) is 0 Å².